The van der Waals surface area contributed by atoms with Crippen LogP contribution in [0.3, 0.4) is 0 Å². The Balaban J connectivity index is 2.32. The van der Waals surface area contributed by atoms with Crippen LogP contribution in [0.4, 0.5) is 13.2 Å². The largest absolute Gasteiger partial charge is 0.453 e. The summed E-state index contributed by atoms with van der Waals surface area (Å²) >= 11 is 0. The summed E-state index contributed by atoms with van der Waals surface area (Å²) in [6.45, 7) is 2.47. The van der Waals surface area contributed by atoms with Crippen LogP contribution in [-0.4, -0.2) is 11.9 Å². The number of carbonyl (C=O) groups is 2. The van der Waals surface area contributed by atoms with Crippen molar-refractivity contribution in [1.29, 1.82) is 0 Å². The van der Waals surface area contributed by atoms with Crippen LogP contribution in [-0.2, 0) is 20.5 Å². The quantitative estimate of drug-likeness (QED) is 0.609. The SMILES string of the molecule is CC(=O)Oc1ccc(C(OC(C)=O)c2ccc(C(F)(F)F)cc2)cc1. The van der Waals surface area contributed by atoms with Crippen LogP contribution < -0.4 is 4.74 Å². The Morgan fingerprint density at radius 2 is 1.32 bits per heavy atom. The zero-order valence-corrected chi connectivity index (χ0v) is 13.5. The maximum atomic E-state index is 12.7. The van der Waals surface area contributed by atoms with Gasteiger partial charge in [0.1, 0.15) is 5.75 Å². The van der Waals surface area contributed by atoms with Gasteiger partial charge in [0.25, 0.3) is 0 Å². The third kappa shape index (κ3) is 5.07. The second kappa shape index (κ2) is 7.38. The van der Waals surface area contributed by atoms with Gasteiger partial charge in [-0.05, 0) is 35.4 Å². The lowest BCUT2D eigenvalue weighted by Crippen LogP contribution is -2.11. The van der Waals surface area contributed by atoms with Gasteiger partial charge >= 0.3 is 18.1 Å². The molecule has 0 radical (unpaired) electrons. The summed E-state index contributed by atoms with van der Waals surface area (Å²) in [5.41, 5.74) is 0.136. The third-order valence-electron chi connectivity index (χ3n) is 3.27. The molecule has 1 atom stereocenters. The van der Waals surface area contributed by atoms with Gasteiger partial charge in [-0.2, -0.15) is 13.2 Å². The highest BCUT2D eigenvalue weighted by molar-refractivity contribution is 5.69. The van der Waals surface area contributed by atoms with Gasteiger partial charge in [-0.3, -0.25) is 9.59 Å². The molecule has 1 unspecified atom stereocenters. The van der Waals surface area contributed by atoms with Gasteiger partial charge in [0.05, 0.1) is 5.56 Å². The van der Waals surface area contributed by atoms with Crippen molar-refractivity contribution in [2.75, 3.05) is 0 Å². The van der Waals surface area contributed by atoms with Gasteiger partial charge in [0, 0.05) is 13.8 Å². The second-order valence-electron chi connectivity index (χ2n) is 5.27. The van der Waals surface area contributed by atoms with Crippen LogP contribution >= 0.6 is 0 Å². The molecule has 0 fully saturated rings. The molecule has 132 valence electrons. The number of benzene rings is 2. The number of alkyl halides is 3. The van der Waals surface area contributed by atoms with Crippen LogP contribution in [0.5, 0.6) is 5.75 Å². The van der Waals surface area contributed by atoms with Gasteiger partial charge in [0.2, 0.25) is 0 Å². The van der Waals surface area contributed by atoms with Crippen molar-refractivity contribution in [2.24, 2.45) is 0 Å². The number of halogens is 3. The molecule has 0 aromatic heterocycles. The van der Waals surface area contributed by atoms with E-state index in [4.69, 9.17) is 9.47 Å². The summed E-state index contributed by atoms with van der Waals surface area (Å²) in [6.07, 6.45) is -5.31. The van der Waals surface area contributed by atoms with Crippen molar-refractivity contribution >= 4 is 11.9 Å². The molecule has 2 rings (SSSR count). The standard InChI is InChI=1S/C18H15F3O4/c1-11(22)24-16-9-5-14(6-10-16)17(25-12(2)23)13-3-7-15(8-4-13)18(19,20)21/h3-10,17H,1-2H3. The number of hydrogen-bond acceptors (Lipinski definition) is 4. The Bertz CT molecular complexity index is 749. The van der Waals surface area contributed by atoms with Crippen molar-refractivity contribution in [3.05, 3.63) is 65.2 Å². The summed E-state index contributed by atoms with van der Waals surface area (Å²) in [5, 5.41) is 0. The smallest absolute Gasteiger partial charge is 0.416 e. The minimum absolute atomic E-state index is 0.310. The molecule has 0 saturated carbocycles. The van der Waals surface area contributed by atoms with Gasteiger partial charge in [-0.15, -0.1) is 0 Å². The Morgan fingerprint density at radius 3 is 1.72 bits per heavy atom. The van der Waals surface area contributed by atoms with Crippen LogP contribution in [0.25, 0.3) is 0 Å². The highest BCUT2D eigenvalue weighted by Crippen LogP contribution is 2.32. The second-order valence-corrected chi connectivity index (χ2v) is 5.27. The predicted molar refractivity (Wildman–Crippen MR) is 82.8 cm³/mol. The number of rotatable bonds is 4. The van der Waals surface area contributed by atoms with Crippen molar-refractivity contribution in [3.63, 3.8) is 0 Å². The maximum absolute atomic E-state index is 12.7. The first-order chi connectivity index (χ1) is 11.7. The molecule has 25 heavy (non-hydrogen) atoms. The van der Waals surface area contributed by atoms with E-state index in [1.165, 1.54) is 38.1 Å². The molecule has 0 aliphatic carbocycles. The van der Waals surface area contributed by atoms with E-state index in [9.17, 15) is 22.8 Å². The molecule has 4 nitrogen and oxygen atoms in total. The summed E-state index contributed by atoms with van der Waals surface area (Å²) in [5.74, 6) is -0.744. The van der Waals surface area contributed by atoms with E-state index in [2.05, 4.69) is 0 Å². The fourth-order valence-electron chi connectivity index (χ4n) is 2.22. The number of ether oxygens (including phenoxy) is 2. The molecule has 0 heterocycles. The first-order valence-electron chi connectivity index (χ1n) is 7.29. The summed E-state index contributed by atoms with van der Waals surface area (Å²) < 4.78 is 48.2. The minimum atomic E-state index is -4.44. The van der Waals surface area contributed by atoms with E-state index in [0.29, 0.717) is 16.9 Å². The highest BCUT2D eigenvalue weighted by Gasteiger charge is 2.30. The molecule has 2 aromatic carbocycles. The normalized spacial score (nSPS) is 12.4. The molecule has 7 heteroatoms. The Labute approximate surface area is 142 Å². The topological polar surface area (TPSA) is 52.6 Å². The Kier molecular flexibility index (Phi) is 5.46. The van der Waals surface area contributed by atoms with Crippen molar-refractivity contribution < 1.29 is 32.2 Å². The van der Waals surface area contributed by atoms with Crippen LogP contribution in [0.1, 0.15) is 36.6 Å². The van der Waals surface area contributed by atoms with Gasteiger partial charge in [-0.1, -0.05) is 24.3 Å². The predicted octanol–water partition coefficient (Wildman–Crippen LogP) is 4.28. The van der Waals surface area contributed by atoms with Crippen LogP contribution in [0.15, 0.2) is 48.5 Å². The molecular weight excluding hydrogens is 337 g/mol. The van der Waals surface area contributed by atoms with Crippen LogP contribution in [0.2, 0.25) is 0 Å². The van der Waals surface area contributed by atoms with E-state index in [-0.39, 0.29) is 0 Å². The first-order valence-corrected chi connectivity index (χ1v) is 7.29. The zero-order chi connectivity index (χ0) is 18.6. The lowest BCUT2D eigenvalue weighted by molar-refractivity contribution is -0.145. The van der Waals surface area contributed by atoms with E-state index < -0.39 is 29.8 Å². The summed E-state index contributed by atoms with van der Waals surface area (Å²) in [6, 6.07) is 10.5. The fraction of sp³-hybridized carbons (Fsp3) is 0.222. The first kappa shape index (κ1) is 18.5. The van der Waals surface area contributed by atoms with E-state index in [1.807, 2.05) is 0 Å². The Morgan fingerprint density at radius 1 is 0.840 bits per heavy atom. The molecule has 0 amide bonds. The van der Waals surface area contributed by atoms with Gasteiger partial charge in [0.15, 0.2) is 6.10 Å². The number of esters is 2. The monoisotopic (exact) mass is 352 g/mol. The Hall–Kier alpha value is -2.83. The molecular formula is C18H15F3O4. The molecule has 0 spiro atoms. The minimum Gasteiger partial charge on any atom is -0.453 e. The molecule has 0 aliphatic heterocycles. The molecule has 0 bridgehead atoms. The molecule has 0 aliphatic rings. The average Bonchev–Trinajstić information content (AvgIpc) is 2.52. The maximum Gasteiger partial charge on any atom is 0.416 e. The van der Waals surface area contributed by atoms with Gasteiger partial charge in [-0.25, -0.2) is 0 Å². The number of hydrogen-bond donors (Lipinski definition) is 0. The highest BCUT2D eigenvalue weighted by atomic mass is 19.4. The average molecular weight is 352 g/mol. The number of carbonyl (C=O) groups excluding carboxylic acids is 2. The third-order valence-corrected chi connectivity index (χ3v) is 3.27. The van der Waals surface area contributed by atoms with E-state index >= 15 is 0 Å². The van der Waals surface area contributed by atoms with Gasteiger partial charge < -0.3 is 9.47 Å². The van der Waals surface area contributed by atoms with Crippen molar-refractivity contribution in [3.8, 4) is 5.75 Å². The van der Waals surface area contributed by atoms with Crippen molar-refractivity contribution in [1.82, 2.24) is 0 Å². The molecule has 0 saturated heterocycles. The lowest BCUT2D eigenvalue weighted by Gasteiger charge is -2.19. The molecule has 0 N–H and O–H groups in total. The zero-order valence-electron chi connectivity index (χ0n) is 13.5. The van der Waals surface area contributed by atoms with Crippen LogP contribution in [0, 0.1) is 0 Å². The molecule has 2 aromatic rings. The summed E-state index contributed by atoms with van der Waals surface area (Å²) in [7, 11) is 0. The summed E-state index contributed by atoms with van der Waals surface area (Å²) in [4.78, 5) is 22.3. The lowest BCUT2D eigenvalue weighted by atomic mass is 10.00. The van der Waals surface area contributed by atoms with E-state index in [1.54, 1.807) is 12.1 Å². The van der Waals surface area contributed by atoms with E-state index in [0.717, 1.165) is 12.1 Å². The van der Waals surface area contributed by atoms with Crippen molar-refractivity contribution in [2.45, 2.75) is 26.1 Å². The fourth-order valence-corrected chi connectivity index (χ4v) is 2.22.